The molecule has 0 aliphatic rings. The molecular weight excluding hydrogens is 212 g/mol. The molecule has 0 aliphatic carbocycles. The van der Waals surface area contributed by atoms with Crippen LogP contribution in [0.4, 0.5) is 0 Å². The van der Waals surface area contributed by atoms with Crippen LogP contribution >= 0.6 is 0 Å². The zero-order chi connectivity index (χ0) is 12.8. The molecule has 2 N–H and O–H groups in total. The second kappa shape index (κ2) is 6.40. The lowest BCUT2D eigenvalue weighted by Crippen LogP contribution is -2.47. The number of amides is 1. The summed E-state index contributed by atoms with van der Waals surface area (Å²) in [5, 5.41) is 0. The van der Waals surface area contributed by atoms with Gasteiger partial charge in [-0.05, 0) is 18.0 Å². The fraction of sp³-hybridized carbons (Fsp3) is 0.500. The highest BCUT2D eigenvalue weighted by Gasteiger charge is 2.25. The summed E-state index contributed by atoms with van der Waals surface area (Å²) in [6.07, 6.45) is 0. The van der Waals surface area contributed by atoms with Crippen LogP contribution in [-0.2, 0) is 11.3 Å². The van der Waals surface area contributed by atoms with Crippen LogP contribution in [0, 0.1) is 5.92 Å². The van der Waals surface area contributed by atoms with Gasteiger partial charge >= 0.3 is 0 Å². The molecule has 0 saturated carbocycles. The van der Waals surface area contributed by atoms with Crippen LogP contribution in [0.2, 0.25) is 0 Å². The summed E-state index contributed by atoms with van der Waals surface area (Å²) in [7, 11) is 0. The average molecular weight is 234 g/mol. The molecule has 1 amide bonds. The molecule has 1 rings (SSSR count). The second-order valence-electron chi connectivity index (χ2n) is 4.64. The van der Waals surface area contributed by atoms with Gasteiger partial charge in [-0.3, -0.25) is 9.69 Å². The molecule has 17 heavy (non-hydrogen) atoms. The van der Waals surface area contributed by atoms with Crippen molar-refractivity contribution in [3.63, 3.8) is 0 Å². The Balaban J connectivity index is 2.80. The maximum absolute atomic E-state index is 11.5. The van der Waals surface area contributed by atoms with Crippen molar-refractivity contribution in [3.8, 4) is 0 Å². The first-order valence-electron chi connectivity index (χ1n) is 6.13. The lowest BCUT2D eigenvalue weighted by atomic mass is 10.0. The summed E-state index contributed by atoms with van der Waals surface area (Å²) >= 11 is 0. The Kier molecular flexibility index (Phi) is 5.16. The summed E-state index contributed by atoms with van der Waals surface area (Å²) < 4.78 is 0. The third-order valence-electron chi connectivity index (χ3n) is 2.95. The smallest absolute Gasteiger partial charge is 0.235 e. The number of hydrogen-bond donors (Lipinski definition) is 1. The van der Waals surface area contributed by atoms with Crippen LogP contribution in [0.1, 0.15) is 26.3 Å². The molecule has 0 heterocycles. The van der Waals surface area contributed by atoms with Crippen molar-refractivity contribution in [3.05, 3.63) is 35.9 Å². The first-order valence-corrected chi connectivity index (χ1v) is 6.13. The first kappa shape index (κ1) is 13.7. The van der Waals surface area contributed by atoms with E-state index in [0.29, 0.717) is 0 Å². The molecule has 3 heteroatoms. The van der Waals surface area contributed by atoms with Gasteiger partial charge in [0.25, 0.3) is 0 Å². The van der Waals surface area contributed by atoms with Gasteiger partial charge in [0.1, 0.15) is 0 Å². The van der Waals surface area contributed by atoms with E-state index < -0.39 is 0 Å². The number of rotatable bonds is 6. The van der Waals surface area contributed by atoms with E-state index in [1.807, 2.05) is 32.0 Å². The van der Waals surface area contributed by atoms with Crippen LogP contribution in [0.5, 0.6) is 0 Å². The molecule has 0 saturated heterocycles. The Hall–Kier alpha value is -1.35. The molecule has 1 aromatic carbocycles. The maximum Gasteiger partial charge on any atom is 0.235 e. The number of carbonyl (C=O) groups is 1. The molecule has 0 bridgehead atoms. The minimum Gasteiger partial charge on any atom is -0.368 e. The van der Waals surface area contributed by atoms with Crippen molar-refractivity contribution >= 4 is 5.91 Å². The molecule has 0 aromatic heterocycles. The van der Waals surface area contributed by atoms with Gasteiger partial charge in [-0.1, -0.05) is 51.1 Å². The molecule has 3 nitrogen and oxygen atoms in total. The minimum absolute atomic E-state index is 0.194. The zero-order valence-corrected chi connectivity index (χ0v) is 10.9. The van der Waals surface area contributed by atoms with E-state index in [0.717, 1.165) is 13.1 Å². The average Bonchev–Trinajstić information content (AvgIpc) is 2.28. The van der Waals surface area contributed by atoms with Gasteiger partial charge in [0.05, 0.1) is 6.04 Å². The third kappa shape index (κ3) is 3.86. The standard InChI is InChI=1S/C14H22N2O/c1-4-16(13(11(2)3)14(15)17)10-12-8-6-5-7-9-12/h5-9,11,13H,4,10H2,1-3H3,(H2,15,17). The number of benzene rings is 1. The van der Waals surface area contributed by atoms with E-state index in [4.69, 9.17) is 5.73 Å². The maximum atomic E-state index is 11.5. The van der Waals surface area contributed by atoms with Gasteiger partial charge in [-0.15, -0.1) is 0 Å². The largest absolute Gasteiger partial charge is 0.368 e. The Morgan fingerprint density at radius 1 is 1.29 bits per heavy atom. The van der Waals surface area contributed by atoms with Crippen LogP contribution < -0.4 is 5.73 Å². The predicted octanol–water partition coefficient (Wildman–Crippen LogP) is 2.02. The Morgan fingerprint density at radius 3 is 2.29 bits per heavy atom. The molecule has 1 aromatic rings. The molecule has 0 spiro atoms. The van der Waals surface area contributed by atoms with Gasteiger partial charge in [-0.25, -0.2) is 0 Å². The van der Waals surface area contributed by atoms with Crippen LogP contribution in [-0.4, -0.2) is 23.4 Å². The molecule has 0 aliphatic heterocycles. The number of carbonyl (C=O) groups excluding carboxylic acids is 1. The van der Waals surface area contributed by atoms with Gasteiger partial charge in [0.15, 0.2) is 0 Å². The summed E-state index contributed by atoms with van der Waals surface area (Å²) in [6, 6.07) is 9.96. The Bertz CT molecular complexity index is 348. The number of nitrogens with zero attached hydrogens (tertiary/aromatic N) is 1. The highest BCUT2D eigenvalue weighted by atomic mass is 16.1. The van der Waals surface area contributed by atoms with E-state index >= 15 is 0 Å². The zero-order valence-electron chi connectivity index (χ0n) is 10.9. The summed E-state index contributed by atoms with van der Waals surface area (Å²) in [6.45, 7) is 7.71. The van der Waals surface area contributed by atoms with E-state index in [1.165, 1.54) is 5.56 Å². The Labute approximate surface area is 104 Å². The normalized spacial score (nSPS) is 13.0. The number of likely N-dealkylation sites (N-methyl/N-ethyl adjacent to an activating group) is 1. The summed E-state index contributed by atoms with van der Waals surface area (Å²) in [5.41, 5.74) is 6.70. The second-order valence-corrected chi connectivity index (χ2v) is 4.64. The third-order valence-corrected chi connectivity index (χ3v) is 2.95. The predicted molar refractivity (Wildman–Crippen MR) is 70.3 cm³/mol. The minimum atomic E-state index is -0.238. The van der Waals surface area contributed by atoms with Gasteiger partial charge in [0, 0.05) is 6.54 Å². The molecule has 0 fully saturated rings. The fourth-order valence-corrected chi connectivity index (χ4v) is 2.15. The lowest BCUT2D eigenvalue weighted by molar-refractivity contribution is -0.125. The topological polar surface area (TPSA) is 46.3 Å². The lowest BCUT2D eigenvalue weighted by Gasteiger charge is -2.31. The number of nitrogens with two attached hydrogens (primary N) is 1. The van der Waals surface area contributed by atoms with Crippen molar-refractivity contribution in [1.29, 1.82) is 0 Å². The quantitative estimate of drug-likeness (QED) is 0.818. The number of hydrogen-bond acceptors (Lipinski definition) is 2. The molecule has 94 valence electrons. The monoisotopic (exact) mass is 234 g/mol. The first-order chi connectivity index (χ1) is 8.06. The molecular formula is C14H22N2O. The summed E-state index contributed by atoms with van der Waals surface area (Å²) in [5.74, 6) is -0.00561. The van der Waals surface area contributed by atoms with Crippen LogP contribution in [0.15, 0.2) is 30.3 Å². The summed E-state index contributed by atoms with van der Waals surface area (Å²) in [4.78, 5) is 13.6. The van der Waals surface area contributed by atoms with Gasteiger partial charge in [-0.2, -0.15) is 0 Å². The van der Waals surface area contributed by atoms with Crippen molar-refractivity contribution in [2.24, 2.45) is 11.7 Å². The molecule has 0 radical (unpaired) electrons. The van der Waals surface area contributed by atoms with E-state index in [1.54, 1.807) is 0 Å². The SMILES string of the molecule is CCN(Cc1ccccc1)C(C(N)=O)C(C)C. The number of primary amides is 1. The Morgan fingerprint density at radius 2 is 1.88 bits per heavy atom. The highest BCUT2D eigenvalue weighted by Crippen LogP contribution is 2.14. The highest BCUT2D eigenvalue weighted by molar-refractivity contribution is 5.80. The van der Waals surface area contributed by atoms with Gasteiger partial charge < -0.3 is 5.73 Å². The van der Waals surface area contributed by atoms with Crippen molar-refractivity contribution in [2.45, 2.75) is 33.4 Å². The molecule has 1 atom stereocenters. The van der Waals surface area contributed by atoms with E-state index in [2.05, 4.69) is 24.0 Å². The molecule has 1 unspecified atom stereocenters. The van der Waals surface area contributed by atoms with Crippen molar-refractivity contribution in [1.82, 2.24) is 4.90 Å². The van der Waals surface area contributed by atoms with E-state index in [-0.39, 0.29) is 17.9 Å². The fourth-order valence-electron chi connectivity index (χ4n) is 2.15. The van der Waals surface area contributed by atoms with Crippen molar-refractivity contribution < 1.29 is 4.79 Å². The van der Waals surface area contributed by atoms with Crippen molar-refractivity contribution in [2.75, 3.05) is 6.54 Å². The van der Waals surface area contributed by atoms with Crippen LogP contribution in [0.25, 0.3) is 0 Å². The van der Waals surface area contributed by atoms with E-state index in [9.17, 15) is 4.79 Å². The van der Waals surface area contributed by atoms with Crippen LogP contribution in [0.3, 0.4) is 0 Å². The van der Waals surface area contributed by atoms with Gasteiger partial charge in [0.2, 0.25) is 5.91 Å².